The molecule has 10 nitrogen and oxygen atoms in total. The molecular formula is C9H16N4O6. The molecule has 0 bridgehead atoms. The minimum Gasteiger partial charge on any atom is -0.479 e. The predicted molar refractivity (Wildman–Crippen MR) is 60.8 cm³/mol. The number of aliphatic hydroxyl groups excluding tert-OH is 2. The Morgan fingerprint density at radius 2 is 2.32 bits per heavy atom. The van der Waals surface area contributed by atoms with Gasteiger partial charge in [0.15, 0.2) is 12.3 Å². The van der Waals surface area contributed by atoms with Crippen LogP contribution in [0.25, 0.3) is 10.4 Å². The van der Waals surface area contributed by atoms with Crippen LogP contribution in [-0.2, 0) is 14.3 Å². The second-order valence-corrected chi connectivity index (χ2v) is 4.10. The molecule has 1 aliphatic rings. The summed E-state index contributed by atoms with van der Waals surface area (Å²) in [5.74, 6) is -1.23. The first-order valence-corrected chi connectivity index (χ1v) is 5.54. The van der Waals surface area contributed by atoms with Gasteiger partial charge in [0.1, 0.15) is 18.3 Å². The summed E-state index contributed by atoms with van der Waals surface area (Å²) in [6.07, 6.45) is -5.90. The Morgan fingerprint density at radius 3 is 2.79 bits per heavy atom. The molecule has 0 aliphatic carbocycles. The molecule has 1 unspecified atom stereocenters. The zero-order chi connectivity index (χ0) is 14.6. The Balaban J connectivity index is 2.89. The van der Waals surface area contributed by atoms with Gasteiger partial charge in [-0.2, -0.15) is 0 Å². The van der Waals surface area contributed by atoms with Crippen molar-refractivity contribution in [3.8, 4) is 0 Å². The van der Waals surface area contributed by atoms with Gasteiger partial charge in [-0.15, -0.1) is 0 Å². The third kappa shape index (κ3) is 3.53. The van der Waals surface area contributed by atoms with Crippen LogP contribution in [0.3, 0.4) is 0 Å². The Morgan fingerprint density at radius 1 is 1.68 bits per heavy atom. The fourth-order valence-electron chi connectivity index (χ4n) is 1.72. The van der Waals surface area contributed by atoms with Crippen LogP contribution >= 0.6 is 0 Å². The monoisotopic (exact) mass is 276 g/mol. The van der Waals surface area contributed by atoms with Crippen molar-refractivity contribution >= 4 is 5.97 Å². The van der Waals surface area contributed by atoms with Crippen molar-refractivity contribution in [3.05, 3.63) is 10.4 Å². The first kappa shape index (κ1) is 15.6. The minimum atomic E-state index is -1.33. The SMILES string of the molecule is C[C@@H](O[C@H]1[C@H](O)[C@@H](CO)OC(N=[N+]=[N-])[C@@H]1N)C(=O)O. The van der Waals surface area contributed by atoms with Crippen molar-refractivity contribution in [3.63, 3.8) is 0 Å². The molecule has 108 valence electrons. The minimum absolute atomic E-state index is 0.549. The normalized spacial score (nSPS) is 36.3. The van der Waals surface area contributed by atoms with E-state index in [9.17, 15) is 9.90 Å². The number of rotatable bonds is 5. The molecule has 1 saturated heterocycles. The number of nitrogens with two attached hydrogens (primary N) is 1. The van der Waals surface area contributed by atoms with Gasteiger partial charge >= 0.3 is 5.97 Å². The van der Waals surface area contributed by atoms with Crippen molar-refractivity contribution in [2.24, 2.45) is 10.8 Å². The van der Waals surface area contributed by atoms with Crippen molar-refractivity contribution in [1.29, 1.82) is 0 Å². The van der Waals surface area contributed by atoms with Crippen LogP contribution in [0.2, 0.25) is 0 Å². The van der Waals surface area contributed by atoms with E-state index in [0.717, 1.165) is 0 Å². The lowest BCUT2D eigenvalue weighted by Gasteiger charge is -2.41. The molecule has 1 aliphatic heterocycles. The summed E-state index contributed by atoms with van der Waals surface area (Å²) in [4.78, 5) is 13.3. The lowest BCUT2D eigenvalue weighted by molar-refractivity contribution is -0.213. The number of ether oxygens (including phenoxy) is 2. The van der Waals surface area contributed by atoms with E-state index in [4.69, 9.17) is 31.0 Å². The van der Waals surface area contributed by atoms with Crippen molar-refractivity contribution in [2.45, 2.75) is 43.6 Å². The van der Waals surface area contributed by atoms with Gasteiger partial charge < -0.3 is 30.5 Å². The average molecular weight is 276 g/mol. The molecule has 6 atom stereocenters. The lowest BCUT2D eigenvalue weighted by Crippen LogP contribution is -2.63. The van der Waals surface area contributed by atoms with Crippen molar-refractivity contribution < 1.29 is 29.6 Å². The number of hydrogen-bond donors (Lipinski definition) is 4. The van der Waals surface area contributed by atoms with Gasteiger partial charge in [-0.1, -0.05) is 5.11 Å². The second kappa shape index (κ2) is 6.66. The molecule has 5 N–H and O–H groups in total. The third-order valence-corrected chi connectivity index (χ3v) is 2.79. The highest BCUT2D eigenvalue weighted by Gasteiger charge is 2.44. The number of carbonyl (C=O) groups is 1. The molecular weight excluding hydrogens is 260 g/mol. The molecule has 0 aromatic rings. The topological polar surface area (TPSA) is 171 Å². The average Bonchev–Trinajstić information content (AvgIpc) is 2.37. The smallest absolute Gasteiger partial charge is 0.332 e. The summed E-state index contributed by atoms with van der Waals surface area (Å²) < 4.78 is 10.2. The number of aliphatic hydroxyl groups is 2. The Hall–Kier alpha value is -1.42. The number of carboxylic acid groups (broad SMARTS) is 1. The summed E-state index contributed by atoms with van der Waals surface area (Å²) in [6.45, 7) is 0.723. The summed E-state index contributed by atoms with van der Waals surface area (Å²) in [5.41, 5.74) is 14.1. The molecule has 1 fully saturated rings. The molecule has 0 aromatic heterocycles. The summed E-state index contributed by atoms with van der Waals surface area (Å²) in [5, 5.41) is 31.0. The molecule has 1 rings (SSSR count). The first-order chi connectivity index (χ1) is 8.92. The van der Waals surface area contributed by atoms with Gasteiger partial charge in [0.05, 0.1) is 12.6 Å². The third-order valence-electron chi connectivity index (χ3n) is 2.79. The largest absolute Gasteiger partial charge is 0.479 e. The van der Waals surface area contributed by atoms with E-state index in [1.807, 2.05) is 0 Å². The van der Waals surface area contributed by atoms with E-state index in [-0.39, 0.29) is 0 Å². The van der Waals surface area contributed by atoms with Crippen molar-refractivity contribution in [2.75, 3.05) is 6.61 Å². The number of hydrogen-bond acceptors (Lipinski definition) is 7. The number of nitrogens with zero attached hydrogens (tertiary/aromatic N) is 3. The molecule has 19 heavy (non-hydrogen) atoms. The number of aliphatic carboxylic acids is 1. The Labute approximate surface area is 108 Å². The highest BCUT2D eigenvalue weighted by molar-refractivity contribution is 5.71. The van der Waals surface area contributed by atoms with Gasteiger partial charge in [0, 0.05) is 4.91 Å². The van der Waals surface area contributed by atoms with E-state index in [0.29, 0.717) is 0 Å². The van der Waals surface area contributed by atoms with E-state index in [1.165, 1.54) is 6.92 Å². The van der Waals surface area contributed by atoms with Gasteiger partial charge in [0.2, 0.25) is 0 Å². The first-order valence-electron chi connectivity index (χ1n) is 5.54. The number of carboxylic acids is 1. The molecule has 0 aromatic carbocycles. The maximum Gasteiger partial charge on any atom is 0.332 e. The van der Waals surface area contributed by atoms with Crippen LogP contribution < -0.4 is 5.73 Å². The highest BCUT2D eigenvalue weighted by atomic mass is 16.6. The van der Waals surface area contributed by atoms with E-state index in [2.05, 4.69) is 10.0 Å². The second-order valence-electron chi connectivity index (χ2n) is 4.10. The predicted octanol–water partition coefficient (Wildman–Crippen LogP) is -1.44. The van der Waals surface area contributed by atoms with Gasteiger partial charge in [0.25, 0.3) is 0 Å². The molecule has 1 heterocycles. The van der Waals surface area contributed by atoms with E-state index < -0.39 is 49.3 Å². The summed E-state index contributed by atoms with van der Waals surface area (Å²) >= 11 is 0. The van der Waals surface area contributed by atoms with Crippen molar-refractivity contribution in [1.82, 2.24) is 0 Å². The summed E-state index contributed by atoms with van der Waals surface area (Å²) in [6, 6.07) is -1.05. The standard InChI is InChI=1S/C9H16N4O6/c1-3(9(16)17)18-7-5(10)8(12-13-11)19-4(2-14)6(7)15/h3-8,14-15H,2,10H2,1H3,(H,16,17)/t3-,4-,5-,6-,7-,8?/m1/s1. The van der Waals surface area contributed by atoms with Crippen LogP contribution in [-0.4, -0.2) is 64.6 Å². The molecule has 0 saturated carbocycles. The van der Waals surface area contributed by atoms with Gasteiger partial charge in [-0.05, 0) is 12.5 Å². The maximum atomic E-state index is 10.7. The quantitative estimate of drug-likeness (QED) is 0.270. The highest BCUT2D eigenvalue weighted by Crippen LogP contribution is 2.24. The zero-order valence-corrected chi connectivity index (χ0v) is 10.2. The van der Waals surface area contributed by atoms with Crippen LogP contribution in [0.1, 0.15) is 6.92 Å². The summed E-state index contributed by atoms with van der Waals surface area (Å²) in [7, 11) is 0. The molecule has 10 heteroatoms. The zero-order valence-electron chi connectivity index (χ0n) is 10.2. The molecule has 0 amide bonds. The van der Waals surface area contributed by atoms with E-state index in [1.54, 1.807) is 0 Å². The molecule has 0 spiro atoms. The fraction of sp³-hybridized carbons (Fsp3) is 0.889. The number of azide groups is 1. The maximum absolute atomic E-state index is 10.7. The van der Waals surface area contributed by atoms with Crippen LogP contribution in [0.15, 0.2) is 5.11 Å². The molecule has 0 radical (unpaired) electrons. The lowest BCUT2D eigenvalue weighted by atomic mass is 9.96. The Kier molecular flexibility index (Phi) is 5.48. The fourth-order valence-corrected chi connectivity index (χ4v) is 1.72. The van der Waals surface area contributed by atoms with Gasteiger partial charge in [-0.25, -0.2) is 4.79 Å². The van der Waals surface area contributed by atoms with Crippen LogP contribution in [0, 0.1) is 0 Å². The van der Waals surface area contributed by atoms with Crippen LogP contribution in [0.4, 0.5) is 0 Å². The van der Waals surface area contributed by atoms with Crippen LogP contribution in [0.5, 0.6) is 0 Å². The van der Waals surface area contributed by atoms with E-state index >= 15 is 0 Å². The Bertz CT molecular complexity index is 374. The van der Waals surface area contributed by atoms with Gasteiger partial charge in [-0.3, -0.25) is 0 Å².